The molecule has 1 heterocycles. The maximum atomic E-state index is 12.5. The number of rotatable bonds is 6. The smallest absolute Gasteiger partial charge is 0.283 e. The molecule has 1 aromatic heterocycles. The van der Waals surface area contributed by atoms with Gasteiger partial charge in [0.1, 0.15) is 11.6 Å². The minimum atomic E-state index is -0.586. The van der Waals surface area contributed by atoms with Crippen LogP contribution >= 0.6 is 23.1 Å². The summed E-state index contributed by atoms with van der Waals surface area (Å²) in [6.45, 7) is 1.93. The Morgan fingerprint density at radius 1 is 1.18 bits per heavy atom. The summed E-state index contributed by atoms with van der Waals surface area (Å²) in [6.07, 6.45) is 1.34. The van der Waals surface area contributed by atoms with Gasteiger partial charge in [-0.2, -0.15) is 5.26 Å². The van der Waals surface area contributed by atoms with Gasteiger partial charge in [0.2, 0.25) is 0 Å². The van der Waals surface area contributed by atoms with Gasteiger partial charge in [0, 0.05) is 11.8 Å². The number of anilines is 1. The SMILES string of the molecule is Cc1ccc(NC(=O)/C(C#N)=C/c2ccc(Sc3nc4ccccc4s3)c([N+](=O)[O-])c2)cc1. The van der Waals surface area contributed by atoms with Crippen LogP contribution in [0.2, 0.25) is 0 Å². The van der Waals surface area contributed by atoms with Crippen LogP contribution in [0.4, 0.5) is 11.4 Å². The first-order valence-corrected chi connectivity index (χ1v) is 11.4. The van der Waals surface area contributed by atoms with E-state index in [1.54, 1.807) is 24.3 Å². The highest BCUT2D eigenvalue weighted by Gasteiger charge is 2.18. The number of nitrogens with zero attached hydrogens (tertiary/aromatic N) is 3. The van der Waals surface area contributed by atoms with Crippen molar-refractivity contribution in [1.29, 1.82) is 5.26 Å². The van der Waals surface area contributed by atoms with Gasteiger partial charge >= 0.3 is 0 Å². The number of para-hydroxylation sites is 1. The minimum Gasteiger partial charge on any atom is -0.321 e. The molecule has 0 aliphatic rings. The van der Waals surface area contributed by atoms with E-state index in [9.17, 15) is 20.2 Å². The van der Waals surface area contributed by atoms with E-state index in [0.29, 0.717) is 20.5 Å². The molecule has 4 aromatic rings. The lowest BCUT2D eigenvalue weighted by Crippen LogP contribution is -2.13. The Kier molecular flexibility index (Phi) is 6.49. The average molecular weight is 473 g/mol. The van der Waals surface area contributed by atoms with Gasteiger partial charge in [0.15, 0.2) is 4.34 Å². The number of aromatic nitrogens is 1. The molecule has 0 saturated carbocycles. The second-order valence-electron chi connectivity index (χ2n) is 7.02. The monoisotopic (exact) mass is 472 g/mol. The summed E-state index contributed by atoms with van der Waals surface area (Å²) in [6, 6.07) is 21.3. The number of nitro benzene ring substituents is 1. The van der Waals surface area contributed by atoms with E-state index in [1.807, 2.05) is 49.4 Å². The van der Waals surface area contributed by atoms with Crippen LogP contribution in [0.3, 0.4) is 0 Å². The molecule has 162 valence electrons. The highest BCUT2D eigenvalue weighted by molar-refractivity contribution is 8.01. The number of thiazole rings is 1. The van der Waals surface area contributed by atoms with Crippen molar-refractivity contribution in [2.24, 2.45) is 0 Å². The fourth-order valence-corrected chi connectivity index (χ4v) is 5.10. The highest BCUT2D eigenvalue weighted by atomic mass is 32.2. The lowest BCUT2D eigenvalue weighted by molar-refractivity contribution is -0.387. The van der Waals surface area contributed by atoms with Gasteiger partial charge in [-0.1, -0.05) is 47.7 Å². The third-order valence-electron chi connectivity index (χ3n) is 4.64. The van der Waals surface area contributed by atoms with Gasteiger partial charge in [-0.05, 0) is 48.9 Å². The predicted molar refractivity (Wildman–Crippen MR) is 130 cm³/mol. The van der Waals surface area contributed by atoms with Crippen molar-refractivity contribution >= 4 is 56.7 Å². The number of nitrogens with one attached hydrogen (secondary N) is 1. The number of fused-ring (bicyclic) bond motifs is 1. The van der Waals surface area contributed by atoms with E-state index in [-0.39, 0.29) is 11.3 Å². The molecule has 0 saturated heterocycles. The quantitative estimate of drug-likeness (QED) is 0.155. The number of carbonyl (C=O) groups is 1. The third-order valence-corrected chi connectivity index (χ3v) is 6.80. The van der Waals surface area contributed by atoms with Crippen LogP contribution < -0.4 is 5.32 Å². The van der Waals surface area contributed by atoms with Gasteiger partial charge in [0.25, 0.3) is 11.6 Å². The summed E-state index contributed by atoms with van der Waals surface area (Å²) in [5.74, 6) is -0.586. The van der Waals surface area contributed by atoms with E-state index < -0.39 is 10.8 Å². The van der Waals surface area contributed by atoms with Crippen LogP contribution in [0, 0.1) is 28.4 Å². The van der Waals surface area contributed by atoms with Crippen molar-refractivity contribution in [2.75, 3.05) is 5.32 Å². The van der Waals surface area contributed by atoms with Crippen molar-refractivity contribution in [2.45, 2.75) is 16.2 Å². The molecular weight excluding hydrogens is 456 g/mol. The zero-order chi connectivity index (χ0) is 23.4. The normalized spacial score (nSPS) is 11.2. The van der Waals surface area contributed by atoms with Crippen LogP contribution in [0.5, 0.6) is 0 Å². The van der Waals surface area contributed by atoms with Gasteiger partial charge < -0.3 is 5.32 Å². The molecule has 0 aliphatic heterocycles. The number of nitro groups is 1. The molecule has 0 unspecified atom stereocenters. The molecule has 0 atom stereocenters. The van der Waals surface area contributed by atoms with Crippen molar-refractivity contribution in [3.8, 4) is 6.07 Å². The summed E-state index contributed by atoms with van der Waals surface area (Å²) in [5.41, 5.74) is 2.54. The van der Waals surface area contributed by atoms with Crippen LogP contribution in [0.15, 0.2) is 81.5 Å². The Hall–Kier alpha value is -4.00. The lowest BCUT2D eigenvalue weighted by Gasteiger charge is -2.05. The molecule has 1 N–H and O–H groups in total. The topological polar surface area (TPSA) is 109 Å². The predicted octanol–water partition coefficient (Wildman–Crippen LogP) is 6.21. The Morgan fingerprint density at radius 3 is 2.64 bits per heavy atom. The number of amides is 1. The fourth-order valence-electron chi connectivity index (χ4n) is 2.99. The summed E-state index contributed by atoms with van der Waals surface area (Å²) >= 11 is 2.67. The Balaban J connectivity index is 1.59. The molecule has 1 amide bonds. The molecule has 0 aliphatic carbocycles. The average Bonchev–Trinajstić information content (AvgIpc) is 3.22. The number of hydrogen-bond donors (Lipinski definition) is 1. The van der Waals surface area contributed by atoms with Crippen molar-refractivity contribution < 1.29 is 9.72 Å². The largest absolute Gasteiger partial charge is 0.321 e. The summed E-state index contributed by atoms with van der Waals surface area (Å²) in [7, 11) is 0. The zero-order valence-corrected chi connectivity index (χ0v) is 18.9. The first kappa shape index (κ1) is 22.2. The molecule has 4 rings (SSSR count). The van der Waals surface area contributed by atoms with E-state index in [2.05, 4.69) is 10.3 Å². The number of aryl methyl sites for hydroxylation is 1. The Bertz CT molecular complexity index is 1400. The maximum Gasteiger partial charge on any atom is 0.283 e. The number of carbonyl (C=O) groups excluding carboxylic acids is 1. The fraction of sp³-hybridized carbons (Fsp3) is 0.0417. The molecule has 0 radical (unpaired) electrons. The summed E-state index contributed by atoms with van der Waals surface area (Å²) in [4.78, 5) is 28.7. The van der Waals surface area contributed by atoms with E-state index >= 15 is 0 Å². The molecule has 0 bridgehead atoms. The molecule has 0 fully saturated rings. The second-order valence-corrected chi connectivity index (χ2v) is 9.34. The molecule has 7 nitrogen and oxygen atoms in total. The second kappa shape index (κ2) is 9.65. The first-order valence-electron chi connectivity index (χ1n) is 9.74. The molecule has 3 aromatic carbocycles. The van der Waals surface area contributed by atoms with Crippen molar-refractivity contribution in [3.05, 3.63) is 93.5 Å². The van der Waals surface area contributed by atoms with Crippen LogP contribution in [-0.2, 0) is 4.79 Å². The van der Waals surface area contributed by atoms with Gasteiger partial charge in [0.05, 0.1) is 20.0 Å². The summed E-state index contributed by atoms with van der Waals surface area (Å²) < 4.78 is 1.69. The Morgan fingerprint density at radius 2 is 1.94 bits per heavy atom. The number of hydrogen-bond acceptors (Lipinski definition) is 7. The van der Waals surface area contributed by atoms with E-state index in [0.717, 1.165) is 15.8 Å². The van der Waals surface area contributed by atoms with Crippen LogP contribution in [-0.4, -0.2) is 15.8 Å². The number of nitriles is 1. The summed E-state index contributed by atoms with van der Waals surface area (Å²) in [5, 5.41) is 23.8. The molecule has 0 spiro atoms. The molecule has 9 heteroatoms. The highest BCUT2D eigenvalue weighted by Crippen LogP contribution is 2.39. The standard InChI is InChI=1S/C24H16N4O3S2/c1-15-6-9-18(10-7-15)26-23(29)17(14-25)12-16-8-11-22(20(13-16)28(30)31)33-24-27-19-4-2-3-5-21(19)32-24/h2-13H,1H3,(H,26,29)/b17-12+. The number of benzene rings is 3. The Labute approximate surface area is 197 Å². The van der Waals surface area contributed by atoms with Crippen molar-refractivity contribution in [1.82, 2.24) is 4.98 Å². The van der Waals surface area contributed by atoms with E-state index in [1.165, 1.54) is 35.2 Å². The van der Waals surface area contributed by atoms with Crippen LogP contribution in [0.25, 0.3) is 16.3 Å². The van der Waals surface area contributed by atoms with Gasteiger partial charge in [-0.25, -0.2) is 4.98 Å². The van der Waals surface area contributed by atoms with Crippen molar-refractivity contribution in [3.63, 3.8) is 0 Å². The first-order chi connectivity index (χ1) is 15.9. The lowest BCUT2D eigenvalue weighted by atomic mass is 10.1. The minimum absolute atomic E-state index is 0.121. The van der Waals surface area contributed by atoms with Gasteiger partial charge in [-0.15, -0.1) is 11.3 Å². The van der Waals surface area contributed by atoms with E-state index in [4.69, 9.17) is 0 Å². The van der Waals surface area contributed by atoms with Crippen LogP contribution in [0.1, 0.15) is 11.1 Å². The maximum absolute atomic E-state index is 12.5. The van der Waals surface area contributed by atoms with Gasteiger partial charge in [-0.3, -0.25) is 14.9 Å². The third kappa shape index (κ3) is 5.26. The molecule has 33 heavy (non-hydrogen) atoms. The molecular formula is C24H16N4O3S2. The zero-order valence-electron chi connectivity index (χ0n) is 17.3.